The molecule has 0 bridgehead atoms. The summed E-state index contributed by atoms with van der Waals surface area (Å²) in [6.45, 7) is 5.68. The van der Waals surface area contributed by atoms with Crippen molar-refractivity contribution in [2.75, 3.05) is 0 Å². The van der Waals surface area contributed by atoms with Gasteiger partial charge in [0.2, 0.25) is 0 Å². The molecule has 8 aromatic carbocycles. The molecule has 0 saturated carbocycles. The van der Waals surface area contributed by atoms with E-state index in [1.807, 2.05) is 158 Å². The van der Waals surface area contributed by atoms with Crippen LogP contribution in [0.15, 0.2) is 373 Å². The molecule has 8 heterocycles. The number of carboxylic acids is 2. The Hall–Kier alpha value is -11.6. The van der Waals surface area contributed by atoms with E-state index in [2.05, 4.69) is 58.8 Å². The Kier molecular flexibility index (Phi) is 42.1. The smallest absolute Gasteiger partial charge is 0.0267 e. The second-order valence-electron chi connectivity index (χ2n) is 23.7. The number of aryl methyl sites for hydroxylation is 2. The molecule has 0 amide bonds. The van der Waals surface area contributed by atoms with Crippen LogP contribution in [0.4, 0.5) is 29.2 Å². The van der Waals surface area contributed by atoms with Crippen molar-refractivity contribution in [2.45, 2.75) is 47.5 Å². The summed E-state index contributed by atoms with van der Waals surface area (Å²) in [5, 5.41) is 19.8. The van der Waals surface area contributed by atoms with Crippen molar-refractivity contribution in [1.82, 2.24) is 39.9 Å². The number of benzene rings is 8. The summed E-state index contributed by atoms with van der Waals surface area (Å²) < 4.78 is 135. The summed E-state index contributed by atoms with van der Waals surface area (Å²) in [4.78, 5) is 51.1. The Morgan fingerprint density at radius 3 is 0.875 bits per heavy atom. The van der Waals surface area contributed by atoms with Crippen LogP contribution >= 0.6 is 0 Å². The fourth-order valence-corrected chi connectivity index (χ4v) is 14.9. The molecule has 16 rings (SSSR count). The van der Waals surface area contributed by atoms with Gasteiger partial charge in [0.05, 0.1) is 32.2 Å². The first kappa shape index (κ1) is 99.0. The number of carboxylic acid groups (broad SMARTS) is 2. The van der Waals surface area contributed by atoms with Gasteiger partial charge in [0.1, 0.15) is 50.1 Å². The van der Waals surface area contributed by atoms with Gasteiger partial charge in [0.15, 0.2) is 0 Å². The van der Waals surface area contributed by atoms with Crippen LogP contribution in [0.25, 0.3) is 84.8 Å². The third-order valence-corrected chi connectivity index (χ3v) is 20.7. The summed E-state index contributed by atoms with van der Waals surface area (Å²) in [5.41, 5.74) is 7.04. The van der Waals surface area contributed by atoms with Gasteiger partial charge < -0.3 is 29.1 Å². The third kappa shape index (κ3) is 30.7. The minimum Gasteiger partial charge on any atom is -0.265 e. The number of aliphatic carboxylic acids is 2. The van der Waals surface area contributed by atoms with E-state index < -0.39 is 52.0 Å². The summed E-state index contributed by atoms with van der Waals surface area (Å²) in [5.74, 6) is -1.67. The van der Waals surface area contributed by atoms with E-state index in [1.165, 1.54) is 64.0 Å². The predicted octanol–water partition coefficient (Wildman–Crippen LogP) is 20.4. The summed E-state index contributed by atoms with van der Waals surface area (Å²) in [6, 6.07) is 85.8. The normalized spacial score (nSPS) is 10.3. The number of rotatable bonds is 14. The number of hydrogen-bond acceptors (Lipinski definition) is 18. The molecule has 0 radical (unpaired) electrons. The summed E-state index contributed by atoms with van der Waals surface area (Å²) in [6.07, 6.45) is 16.6. The minimum absolute atomic E-state index is 0. The zero-order valence-electron chi connectivity index (χ0n) is 63.5. The van der Waals surface area contributed by atoms with Gasteiger partial charge in [0, 0.05) is 127 Å². The van der Waals surface area contributed by atoms with Gasteiger partial charge in [-0.15, -0.1) is 22.7 Å². The fraction of sp³-hybridized carbons (Fsp3) is 0.0465. The summed E-state index contributed by atoms with van der Waals surface area (Å²) in [7, 11) is -15.3. The van der Waals surface area contributed by atoms with Gasteiger partial charge in [-0.05, 0) is 155 Å². The van der Waals surface area contributed by atoms with Crippen molar-refractivity contribution in [2.24, 2.45) is 0 Å². The van der Waals surface area contributed by atoms with Crippen LogP contribution in [0.2, 0.25) is 0 Å². The molecule has 34 heteroatoms. The number of carbonyl (C=O) groups is 2. The van der Waals surface area contributed by atoms with Crippen molar-refractivity contribution in [3.05, 3.63) is 383 Å². The molecule has 16 aromatic rings. The Balaban J connectivity index is 0.000000259. The molecule has 8 aromatic heterocycles. The van der Waals surface area contributed by atoms with E-state index in [0.717, 1.165) is 57.2 Å². The van der Waals surface area contributed by atoms with Crippen LogP contribution in [0, 0.1) is 13.8 Å². The molecule has 0 aliphatic carbocycles. The number of aromatic nitrogens is 8. The molecular weight excluding hydrogens is 1980 g/mol. The van der Waals surface area contributed by atoms with Crippen molar-refractivity contribution in [3.63, 3.8) is 0 Å². The van der Waals surface area contributed by atoms with Gasteiger partial charge in [-0.1, -0.05) is 194 Å². The van der Waals surface area contributed by atoms with E-state index in [4.69, 9.17) is 19.8 Å². The van der Waals surface area contributed by atoms with Crippen LogP contribution in [0.1, 0.15) is 25.0 Å². The maximum atomic E-state index is 12.6. The van der Waals surface area contributed by atoms with Gasteiger partial charge in [-0.3, -0.25) is 39.5 Å². The number of sulfonamides is 4. The van der Waals surface area contributed by atoms with Crippen LogP contribution in [0.3, 0.4) is 0 Å². The average Bonchev–Trinajstić information content (AvgIpc) is 0.777. The maximum absolute atomic E-state index is 12.6. The topological polar surface area (TPSA) is 371 Å². The van der Waals surface area contributed by atoms with Crippen molar-refractivity contribution in [3.8, 4) is 22.5 Å². The molecule has 24 nitrogen and oxygen atoms in total. The van der Waals surface area contributed by atoms with Gasteiger partial charge in [-0.2, -0.15) is 0 Å². The second-order valence-corrected chi connectivity index (χ2v) is 30.0. The van der Waals surface area contributed by atoms with E-state index in [-0.39, 0.29) is 60.7 Å². The first-order valence-corrected chi connectivity index (χ1v) is 41.6. The van der Waals surface area contributed by atoms with Gasteiger partial charge in [-0.25, -0.2) is 43.6 Å². The number of hydrogen-bond donors (Lipinski definition) is 2. The Morgan fingerprint density at radius 1 is 0.292 bits per heavy atom. The summed E-state index contributed by atoms with van der Waals surface area (Å²) >= 11 is 2.50. The quantitative estimate of drug-likeness (QED) is 0.0754. The van der Waals surface area contributed by atoms with Gasteiger partial charge in [0.25, 0.3) is 11.9 Å². The Bertz CT molecular complexity index is 5920. The van der Waals surface area contributed by atoms with E-state index in [1.54, 1.807) is 185 Å². The molecule has 0 atom stereocenters. The molecule has 120 heavy (non-hydrogen) atoms. The number of nitrogens with zero attached hydrogens (tertiary/aromatic N) is 12. The SMILES string of the molecule is CC(=O)O.CC(=O)O.Cc1ccccc1S(=O)(=O)[N-]c1ccccc1-c1ccccn1.Cc1ccccc1S(=O)(=O)[N-]c1ccccc1-c1ccccn1.O=S(=O)([N-]c1cccc2ccc3cccnc3c12)c1ccccn1.O=S(=O)([N-]c1cccc2ccc3cccnc3c12)c1ccccn1.[F][Pd+].[F][Pd+].[Pd].[Pd].c1ccncc1.c1ccncc1. The average molecular weight is 2060 g/mol. The molecular formula is C86H72F2N12O12Pd4S4-2. The maximum Gasteiger partial charge on any atom is 0.0267 e. The zero-order valence-corrected chi connectivity index (χ0v) is 73.0. The van der Waals surface area contributed by atoms with E-state index in [9.17, 15) is 40.1 Å². The molecule has 0 saturated heterocycles. The van der Waals surface area contributed by atoms with Crippen LogP contribution in [-0.2, 0) is 130 Å². The molecule has 0 aliphatic rings. The molecule has 0 fully saturated rings. The standard InChI is InChI=1S/2C18H12N3O2S.2C18H15N2O2S.2C5H5N.2C2H4O2.2FH.4Pd/c2*22-24(23,16-8-1-2-11-19-16)21-15-7-3-5-13-9-10-14-6-4-12-20-18(14)17(13)15;2*1-14-8-2-5-12-18(14)23(21,22)20-17-11-4-3-9-15(17)16-10-6-7-13-19-16;2*1-2-4-6-5-3-1;2*1-2(3)4;;;;;;/h2*1-12H;2*2-13H,1H3;2*1-5H;2*1H3,(H,3,4);2*1H;;;;/q4*-1;;;;;;;;;2*+2/p-2. The van der Waals surface area contributed by atoms with Crippen molar-refractivity contribution < 1.29 is 140 Å². The Morgan fingerprint density at radius 2 is 0.567 bits per heavy atom. The molecule has 0 aliphatic heterocycles. The fourth-order valence-electron chi connectivity index (χ4n) is 10.6. The van der Waals surface area contributed by atoms with Crippen LogP contribution < -0.4 is 0 Å². The molecule has 0 spiro atoms. The van der Waals surface area contributed by atoms with Crippen molar-refractivity contribution in [1.29, 1.82) is 0 Å². The number of fused-ring (bicyclic) bond motifs is 6. The van der Waals surface area contributed by atoms with Crippen LogP contribution in [-0.4, -0.2) is 95.7 Å². The largest absolute Gasteiger partial charge is 0.265 e. The number of halogens is 2. The Labute approximate surface area is 744 Å². The zero-order chi connectivity index (χ0) is 85.4. The molecule has 2 N–H and O–H groups in total. The molecule has 628 valence electrons. The monoisotopic (exact) mass is 2050 g/mol. The van der Waals surface area contributed by atoms with Gasteiger partial charge >= 0.3 is 45.9 Å². The van der Waals surface area contributed by atoms with Crippen LogP contribution in [0.5, 0.6) is 0 Å². The minimum atomic E-state index is -3.89. The first-order valence-electron chi connectivity index (χ1n) is 34.6. The number of pyridine rings is 8. The van der Waals surface area contributed by atoms with E-state index >= 15 is 0 Å². The van der Waals surface area contributed by atoms with Crippen molar-refractivity contribution >= 4 is 118 Å². The molecule has 0 unspecified atom stereocenters. The predicted molar refractivity (Wildman–Crippen MR) is 447 cm³/mol. The second kappa shape index (κ2) is 51.0. The first-order chi connectivity index (χ1) is 56.9. The van der Waals surface area contributed by atoms with E-state index in [0.29, 0.717) is 56.4 Å². The third-order valence-electron chi connectivity index (χ3n) is 15.4.